The molecule has 5 heteroatoms. The predicted molar refractivity (Wildman–Crippen MR) is 88.9 cm³/mol. The second kappa shape index (κ2) is 5.18. The van der Waals surface area contributed by atoms with Crippen molar-refractivity contribution in [2.45, 2.75) is 13.3 Å². The molecule has 22 heavy (non-hydrogen) atoms. The maximum absolute atomic E-state index is 12.3. The van der Waals surface area contributed by atoms with Crippen LogP contribution in [0.1, 0.15) is 18.1 Å². The van der Waals surface area contributed by atoms with Gasteiger partial charge in [-0.1, -0.05) is 18.2 Å². The van der Waals surface area contributed by atoms with Gasteiger partial charge in [0.2, 0.25) is 5.91 Å². The summed E-state index contributed by atoms with van der Waals surface area (Å²) >= 11 is 1.65. The van der Waals surface area contributed by atoms with E-state index in [2.05, 4.69) is 22.1 Å². The highest BCUT2D eigenvalue weighted by atomic mass is 32.1. The molecular formula is C17H15N3OS. The predicted octanol–water partition coefficient (Wildman–Crippen LogP) is 3.01. The Morgan fingerprint density at radius 3 is 2.95 bits per heavy atom. The summed E-state index contributed by atoms with van der Waals surface area (Å²) in [6.07, 6.45) is 4.71. The lowest BCUT2D eigenvalue weighted by Gasteiger charge is -2.31. The van der Waals surface area contributed by atoms with Crippen molar-refractivity contribution in [1.82, 2.24) is 9.88 Å². The standard InChI is InChI=1S/C17H15N3OS/c1-11-9-15-13-3-2-4-14(17-18-6-8-22-17)12(13)5-7-20(15)16(21)10-19-11/h2-4,6,8-9H,5,7,10H2,1H3. The van der Waals surface area contributed by atoms with Gasteiger partial charge in [-0.2, -0.15) is 0 Å². The van der Waals surface area contributed by atoms with Gasteiger partial charge >= 0.3 is 0 Å². The van der Waals surface area contributed by atoms with Gasteiger partial charge in [-0.3, -0.25) is 9.79 Å². The summed E-state index contributed by atoms with van der Waals surface area (Å²) in [4.78, 5) is 22.9. The van der Waals surface area contributed by atoms with Crippen molar-refractivity contribution < 1.29 is 4.79 Å². The average Bonchev–Trinajstić information content (AvgIpc) is 3.01. The molecule has 4 nitrogen and oxygen atoms in total. The highest BCUT2D eigenvalue weighted by Gasteiger charge is 2.28. The van der Waals surface area contributed by atoms with E-state index >= 15 is 0 Å². The molecule has 0 aliphatic carbocycles. The Balaban J connectivity index is 1.90. The largest absolute Gasteiger partial charge is 0.310 e. The lowest BCUT2D eigenvalue weighted by Crippen LogP contribution is -2.36. The van der Waals surface area contributed by atoms with Crippen molar-refractivity contribution >= 4 is 28.7 Å². The van der Waals surface area contributed by atoms with Crippen LogP contribution in [-0.2, 0) is 11.2 Å². The van der Waals surface area contributed by atoms with E-state index in [9.17, 15) is 4.79 Å². The summed E-state index contributed by atoms with van der Waals surface area (Å²) < 4.78 is 0. The fourth-order valence-corrected chi connectivity index (χ4v) is 3.77. The van der Waals surface area contributed by atoms with Gasteiger partial charge in [-0.05, 0) is 25.0 Å². The topological polar surface area (TPSA) is 45.6 Å². The van der Waals surface area contributed by atoms with Crippen molar-refractivity contribution in [2.24, 2.45) is 4.99 Å². The maximum atomic E-state index is 12.3. The first kappa shape index (κ1) is 13.4. The van der Waals surface area contributed by atoms with Gasteiger partial charge < -0.3 is 4.90 Å². The minimum absolute atomic E-state index is 0.0772. The first-order chi connectivity index (χ1) is 10.7. The maximum Gasteiger partial charge on any atom is 0.248 e. The highest BCUT2D eigenvalue weighted by molar-refractivity contribution is 7.13. The molecule has 0 spiro atoms. The molecule has 0 radical (unpaired) electrons. The van der Waals surface area contributed by atoms with Gasteiger partial charge in [0.15, 0.2) is 0 Å². The normalized spacial score (nSPS) is 17.3. The van der Waals surface area contributed by atoms with E-state index in [-0.39, 0.29) is 12.5 Å². The molecule has 1 amide bonds. The average molecular weight is 309 g/mol. The Hall–Kier alpha value is -2.27. The number of rotatable bonds is 1. The van der Waals surface area contributed by atoms with E-state index < -0.39 is 0 Å². The van der Waals surface area contributed by atoms with Crippen molar-refractivity contribution in [2.75, 3.05) is 13.1 Å². The van der Waals surface area contributed by atoms with Crippen LogP contribution < -0.4 is 0 Å². The van der Waals surface area contributed by atoms with E-state index in [1.807, 2.05) is 35.5 Å². The number of thiazole rings is 1. The number of aliphatic imine (C=N–C) groups is 1. The minimum Gasteiger partial charge on any atom is -0.310 e. The third kappa shape index (κ3) is 2.09. The number of carbonyl (C=O) groups is 1. The molecule has 1 aromatic heterocycles. The number of carbonyl (C=O) groups excluding carboxylic acids is 1. The highest BCUT2D eigenvalue weighted by Crippen LogP contribution is 2.36. The van der Waals surface area contributed by atoms with Gasteiger partial charge in [-0.25, -0.2) is 4.98 Å². The second-order valence-corrected chi connectivity index (χ2v) is 6.35. The monoisotopic (exact) mass is 309 g/mol. The molecule has 2 aliphatic rings. The number of aromatic nitrogens is 1. The number of fused-ring (bicyclic) bond motifs is 3. The Morgan fingerprint density at radius 2 is 2.14 bits per heavy atom. The number of hydrogen-bond acceptors (Lipinski definition) is 4. The number of allylic oxidation sites excluding steroid dienone is 1. The summed E-state index contributed by atoms with van der Waals surface area (Å²) in [5, 5.41) is 3.03. The molecule has 3 heterocycles. The van der Waals surface area contributed by atoms with E-state index in [0.29, 0.717) is 6.54 Å². The van der Waals surface area contributed by atoms with Crippen LogP contribution in [0.3, 0.4) is 0 Å². The summed E-state index contributed by atoms with van der Waals surface area (Å²) in [7, 11) is 0. The fourth-order valence-electron chi connectivity index (χ4n) is 3.08. The van der Waals surface area contributed by atoms with Gasteiger partial charge in [0.05, 0.1) is 5.70 Å². The Morgan fingerprint density at radius 1 is 1.27 bits per heavy atom. The van der Waals surface area contributed by atoms with Crippen molar-refractivity contribution in [3.05, 3.63) is 47.0 Å². The summed E-state index contributed by atoms with van der Waals surface area (Å²) in [5.41, 5.74) is 5.47. The zero-order valence-electron chi connectivity index (χ0n) is 12.2. The lowest BCUT2D eigenvalue weighted by atomic mass is 9.91. The molecule has 2 aliphatic heterocycles. The quantitative estimate of drug-likeness (QED) is 0.813. The molecule has 0 saturated heterocycles. The molecule has 0 fully saturated rings. The number of amides is 1. The Labute approximate surface area is 132 Å². The molecule has 0 N–H and O–H groups in total. The van der Waals surface area contributed by atoms with Crippen molar-refractivity contribution in [3.63, 3.8) is 0 Å². The molecule has 4 rings (SSSR count). The van der Waals surface area contributed by atoms with Gasteiger partial charge in [-0.15, -0.1) is 11.3 Å². The molecular weight excluding hydrogens is 294 g/mol. The van der Waals surface area contributed by atoms with Gasteiger partial charge in [0.25, 0.3) is 0 Å². The summed E-state index contributed by atoms with van der Waals surface area (Å²) in [5.74, 6) is 0.0772. The minimum atomic E-state index is 0.0772. The van der Waals surface area contributed by atoms with Crippen molar-refractivity contribution in [1.29, 1.82) is 0 Å². The lowest BCUT2D eigenvalue weighted by molar-refractivity contribution is -0.126. The first-order valence-electron chi connectivity index (χ1n) is 7.29. The molecule has 0 bridgehead atoms. The van der Waals surface area contributed by atoms with Gasteiger partial charge in [0.1, 0.15) is 11.6 Å². The second-order valence-electron chi connectivity index (χ2n) is 5.45. The number of benzene rings is 1. The third-order valence-corrected chi connectivity index (χ3v) is 4.91. The first-order valence-corrected chi connectivity index (χ1v) is 8.17. The van der Waals surface area contributed by atoms with Crippen LogP contribution in [0.5, 0.6) is 0 Å². The Bertz CT molecular complexity index is 805. The van der Waals surface area contributed by atoms with Crippen LogP contribution >= 0.6 is 11.3 Å². The van der Waals surface area contributed by atoms with Gasteiger partial charge in [0, 0.05) is 35.0 Å². The molecule has 2 aromatic rings. The SMILES string of the molecule is CC1=NCC(=O)N2CCc3c(cccc3-c3nccs3)C2=C1. The Kier molecular flexibility index (Phi) is 3.15. The fraction of sp³-hybridized carbons (Fsp3) is 0.235. The number of nitrogens with zero attached hydrogens (tertiary/aromatic N) is 3. The zero-order valence-corrected chi connectivity index (χ0v) is 13.1. The van der Waals surface area contributed by atoms with Crippen LogP contribution in [0.15, 0.2) is 40.8 Å². The molecule has 0 atom stereocenters. The molecule has 0 unspecified atom stereocenters. The summed E-state index contributed by atoms with van der Waals surface area (Å²) in [6, 6.07) is 6.26. The third-order valence-electron chi connectivity index (χ3n) is 4.10. The zero-order chi connectivity index (χ0) is 15.1. The van der Waals surface area contributed by atoms with Crippen LogP contribution in [0.2, 0.25) is 0 Å². The van der Waals surface area contributed by atoms with Crippen LogP contribution in [0.25, 0.3) is 16.3 Å². The smallest absolute Gasteiger partial charge is 0.248 e. The van der Waals surface area contributed by atoms with E-state index in [1.54, 1.807) is 11.3 Å². The molecule has 0 saturated carbocycles. The van der Waals surface area contributed by atoms with Crippen LogP contribution in [0.4, 0.5) is 0 Å². The van der Waals surface area contributed by atoms with Crippen molar-refractivity contribution in [3.8, 4) is 10.6 Å². The molecule has 110 valence electrons. The van der Waals surface area contributed by atoms with E-state index in [4.69, 9.17) is 0 Å². The van der Waals surface area contributed by atoms with Crippen LogP contribution in [-0.4, -0.2) is 34.6 Å². The number of hydrogen-bond donors (Lipinski definition) is 0. The van der Waals surface area contributed by atoms with E-state index in [1.165, 1.54) is 11.1 Å². The van der Waals surface area contributed by atoms with E-state index in [0.717, 1.165) is 28.4 Å². The van der Waals surface area contributed by atoms with Crippen LogP contribution in [0, 0.1) is 0 Å². The summed E-state index contributed by atoms with van der Waals surface area (Å²) in [6.45, 7) is 2.90. The molecule has 1 aromatic carbocycles.